The van der Waals surface area contributed by atoms with Crippen LogP contribution >= 0.6 is 0 Å². The number of nitrogens with zero attached hydrogens (tertiary/aromatic N) is 3. The van der Waals surface area contributed by atoms with Crippen molar-refractivity contribution in [1.29, 1.82) is 0 Å². The molecule has 0 unspecified atom stereocenters. The summed E-state index contributed by atoms with van der Waals surface area (Å²) in [6, 6.07) is 8.13. The Labute approximate surface area is 125 Å². The molecule has 0 bridgehead atoms. The van der Waals surface area contributed by atoms with E-state index in [0.29, 0.717) is 18.3 Å². The van der Waals surface area contributed by atoms with E-state index in [0.717, 1.165) is 25.2 Å². The molecule has 0 saturated carbocycles. The van der Waals surface area contributed by atoms with Crippen molar-refractivity contribution in [3.63, 3.8) is 0 Å². The minimum absolute atomic E-state index is 0.107. The zero-order valence-electron chi connectivity index (χ0n) is 12.9. The number of hydrogen-bond acceptors (Lipinski definition) is 5. The van der Waals surface area contributed by atoms with Gasteiger partial charge in [-0.1, -0.05) is 17.7 Å². The lowest BCUT2D eigenvalue weighted by Crippen LogP contribution is -2.57. The SMILES string of the molecule is Cc1cccc(-c2nnc(CN3CCNCC3(C)C)o2)c1. The largest absolute Gasteiger partial charge is 0.419 e. The van der Waals surface area contributed by atoms with Gasteiger partial charge in [-0.3, -0.25) is 4.90 Å². The Balaban J connectivity index is 1.76. The monoisotopic (exact) mass is 286 g/mol. The van der Waals surface area contributed by atoms with Crippen LogP contribution in [0.5, 0.6) is 0 Å². The summed E-state index contributed by atoms with van der Waals surface area (Å²) in [4.78, 5) is 2.39. The molecule has 0 amide bonds. The highest BCUT2D eigenvalue weighted by Crippen LogP contribution is 2.22. The number of nitrogens with one attached hydrogen (secondary N) is 1. The highest BCUT2D eigenvalue weighted by molar-refractivity contribution is 5.53. The third-order valence-electron chi connectivity index (χ3n) is 4.03. The van der Waals surface area contributed by atoms with E-state index in [1.54, 1.807) is 0 Å². The molecule has 1 aromatic carbocycles. The fraction of sp³-hybridized carbons (Fsp3) is 0.500. The second-order valence-electron chi connectivity index (χ2n) is 6.28. The van der Waals surface area contributed by atoms with E-state index in [2.05, 4.69) is 53.3 Å². The first-order chi connectivity index (χ1) is 10.0. The predicted octanol–water partition coefficient (Wildman–Crippen LogP) is 2.23. The Morgan fingerprint density at radius 2 is 2.19 bits per heavy atom. The van der Waals surface area contributed by atoms with Gasteiger partial charge in [0.1, 0.15) is 0 Å². The van der Waals surface area contributed by atoms with Gasteiger partial charge in [-0.2, -0.15) is 0 Å². The summed E-state index contributed by atoms with van der Waals surface area (Å²) in [6.07, 6.45) is 0. The molecular formula is C16H22N4O. The van der Waals surface area contributed by atoms with Crippen LogP contribution in [0.25, 0.3) is 11.5 Å². The van der Waals surface area contributed by atoms with Gasteiger partial charge in [-0.05, 0) is 32.9 Å². The molecule has 1 N–H and O–H groups in total. The van der Waals surface area contributed by atoms with Gasteiger partial charge in [0.05, 0.1) is 6.54 Å². The molecule has 2 aromatic rings. The molecule has 0 radical (unpaired) electrons. The summed E-state index contributed by atoms with van der Waals surface area (Å²) >= 11 is 0. The molecule has 0 aliphatic carbocycles. The Kier molecular flexibility index (Phi) is 3.78. The average molecular weight is 286 g/mol. The number of benzene rings is 1. The van der Waals surface area contributed by atoms with Crippen LogP contribution in [0.15, 0.2) is 28.7 Å². The van der Waals surface area contributed by atoms with Crippen molar-refractivity contribution < 1.29 is 4.42 Å². The lowest BCUT2D eigenvalue weighted by Gasteiger charge is -2.42. The van der Waals surface area contributed by atoms with Gasteiger partial charge in [0.2, 0.25) is 11.8 Å². The minimum atomic E-state index is 0.107. The van der Waals surface area contributed by atoms with Crippen LogP contribution < -0.4 is 5.32 Å². The third kappa shape index (κ3) is 3.14. The topological polar surface area (TPSA) is 54.2 Å². The molecule has 1 aliphatic rings. The molecule has 0 atom stereocenters. The van der Waals surface area contributed by atoms with Crippen LogP contribution in [0.1, 0.15) is 25.3 Å². The Morgan fingerprint density at radius 1 is 1.33 bits per heavy atom. The van der Waals surface area contributed by atoms with Gasteiger partial charge in [0, 0.05) is 30.7 Å². The van der Waals surface area contributed by atoms with Crippen molar-refractivity contribution in [2.45, 2.75) is 32.9 Å². The van der Waals surface area contributed by atoms with E-state index in [-0.39, 0.29) is 5.54 Å². The molecular weight excluding hydrogens is 264 g/mol. The van der Waals surface area contributed by atoms with Crippen molar-refractivity contribution in [2.24, 2.45) is 0 Å². The quantitative estimate of drug-likeness (QED) is 0.937. The molecule has 112 valence electrons. The molecule has 1 aliphatic heterocycles. The maximum absolute atomic E-state index is 5.84. The van der Waals surface area contributed by atoms with Crippen LogP contribution in [0, 0.1) is 6.92 Å². The summed E-state index contributed by atoms with van der Waals surface area (Å²) in [6.45, 7) is 10.2. The summed E-state index contributed by atoms with van der Waals surface area (Å²) < 4.78 is 5.84. The van der Waals surface area contributed by atoms with Crippen molar-refractivity contribution in [1.82, 2.24) is 20.4 Å². The first-order valence-corrected chi connectivity index (χ1v) is 7.40. The predicted molar refractivity (Wildman–Crippen MR) is 81.8 cm³/mol. The normalized spacial score (nSPS) is 18.8. The second-order valence-corrected chi connectivity index (χ2v) is 6.28. The van der Waals surface area contributed by atoms with Gasteiger partial charge >= 0.3 is 0 Å². The average Bonchev–Trinajstić information content (AvgIpc) is 2.90. The second kappa shape index (κ2) is 5.58. The van der Waals surface area contributed by atoms with E-state index in [1.807, 2.05) is 12.1 Å². The molecule has 5 nitrogen and oxygen atoms in total. The number of piperazine rings is 1. The molecule has 21 heavy (non-hydrogen) atoms. The first-order valence-electron chi connectivity index (χ1n) is 7.40. The van der Waals surface area contributed by atoms with Crippen LogP contribution in [0.4, 0.5) is 0 Å². The van der Waals surface area contributed by atoms with Crippen LogP contribution in [0.2, 0.25) is 0 Å². The van der Waals surface area contributed by atoms with Gasteiger partial charge in [0.25, 0.3) is 0 Å². The smallest absolute Gasteiger partial charge is 0.247 e. The number of aryl methyl sites for hydroxylation is 1. The van der Waals surface area contributed by atoms with Gasteiger partial charge in [-0.15, -0.1) is 10.2 Å². The molecule has 1 aromatic heterocycles. The van der Waals surface area contributed by atoms with Crippen molar-refractivity contribution in [2.75, 3.05) is 19.6 Å². The first kappa shape index (κ1) is 14.2. The van der Waals surface area contributed by atoms with Crippen molar-refractivity contribution in [3.8, 4) is 11.5 Å². The summed E-state index contributed by atoms with van der Waals surface area (Å²) in [7, 11) is 0. The standard InChI is InChI=1S/C16H22N4O/c1-12-5-4-6-13(9-12)15-19-18-14(21-15)10-20-8-7-17-11-16(20,2)3/h4-6,9,17H,7-8,10-11H2,1-3H3. The number of aromatic nitrogens is 2. The Hall–Kier alpha value is -1.72. The van der Waals surface area contributed by atoms with Gasteiger partial charge < -0.3 is 9.73 Å². The molecule has 3 rings (SSSR count). The Morgan fingerprint density at radius 3 is 2.95 bits per heavy atom. The summed E-state index contributed by atoms with van der Waals surface area (Å²) in [5.74, 6) is 1.28. The summed E-state index contributed by atoms with van der Waals surface area (Å²) in [5.41, 5.74) is 2.28. The molecule has 5 heteroatoms. The lowest BCUT2D eigenvalue weighted by molar-refractivity contribution is 0.0737. The zero-order chi connectivity index (χ0) is 14.9. The van der Waals surface area contributed by atoms with Gasteiger partial charge in [0.15, 0.2) is 0 Å². The number of rotatable bonds is 3. The Bertz CT molecular complexity index is 620. The molecule has 0 spiro atoms. The number of hydrogen-bond donors (Lipinski definition) is 1. The van der Waals surface area contributed by atoms with E-state index in [1.165, 1.54) is 5.56 Å². The van der Waals surface area contributed by atoms with Gasteiger partial charge in [-0.25, -0.2) is 0 Å². The van der Waals surface area contributed by atoms with E-state index in [4.69, 9.17) is 4.42 Å². The van der Waals surface area contributed by atoms with Crippen LogP contribution in [-0.4, -0.2) is 40.3 Å². The van der Waals surface area contributed by atoms with Crippen molar-refractivity contribution in [3.05, 3.63) is 35.7 Å². The van der Waals surface area contributed by atoms with E-state index in [9.17, 15) is 0 Å². The molecule has 1 fully saturated rings. The fourth-order valence-electron chi connectivity index (χ4n) is 2.69. The maximum atomic E-state index is 5.84. The molecule has 1 saturated heterocycles. The summed E-state index contributed by atoms with van der Waals surface area (Å²) in [5, 5.41) is 11.8. The van der Waals surface area contributed by atoms with E-state index < -0.39 is 0 Å². The lowest BCUT2D eigenvalue weighted by atomic mass is 10.0. The van der Waals surface area contributed by atoms with Crippen LogP contribution in [0.3, 0.4) is 0 Å². The molecule has 2 heterocycles. The highest BCUT2D eigenvalue weighted by atomic mass is 16.4. The van der Waals surface area contributed by atoms with Crippen molar-refractivity contribution >= 4 is 0 Å². The minimum Gasteiger partial charge on any atom is -0.419 e. The third-order valence-corrected chi connectivity index (χ3v) is 4.03. The maximum Gasteiger partial charge on any atom is 0.247 e. The highest BCUT2D eigenvalue weighted by Gasteiger charge is 2.30. The fourth-order valence-corrected chi connectivity index (χ4v) is 2.69. The van der Waals surface area contributed by atoms with Crippen LogP contribution in [-0.2, 0) is 6.54 Å². The van der Waals surface area contributed by atoms with E-state index >= 15 is 0 Å². The zero-order valence-corrected chi connectivity index (χ0v) is 12.9.